The Bertz CT molecular complexity index is 525. The molecule has 0 spiro atoms. The van der Waals surface area contributed by atoms with E-state index in [4.69, 9.17) is 11.6 Å². The van der Waals surface area contributed by atoms with E-state index in [1.54, 1.807) is 0 Å². The van der Waals surface area contributed by atoms with Gasteiger partial charge in [-0.3, -0.25) is 4.79 Å². The minimum Gasteiger partial charge on any atom is -0.316 e. The smallest absolute Gasteiger partial charge is 0.170 e. The predicted octanol–water partition coefficient (Wildman–Crippen LogP) is 4.64. The quantitative estimate of drug-likeness (QED) is 0.821. The van der Waals surface area contributed by atoms with Crippen LogP contribution in [-0.4, -0.2) is 18.9 Å². The van der Waals surface area contributed by atoms with Crippen molar-refractivity contribution in [3.8, 4) is 0 Å². The molecular weight excluding hydrogens is 282 g/mol. The van der Waals surface area contributed by atoms with E-state index < -0.39 is 0 Å². The van der Waals surface area contributed by atoms with Gasteiger partial charge >= 0.3 is 0 Å². The molecule has 1 aromatic rings. The van der Waals surface area contributed by atoms with Crippen molar-refractivity contribution in [3.05, 3.63) is 34.3 Å². The zero-order valence-corrected chi connectivity index (χ0v) is 14.3. The zero-order chi connectivity index (χ0) is 15.7. The van der Waals surface area contributed by atoms with Gasteiger partial charge in [-0.1, -0.05) is 44.5 Å². The van der Waals surface area contributed by atoms with Crippen LogP contribution in [0.1, 0.15) is 56.0 Å². The van der Waals surface area contributed by atoms with Gasteiger partial charge in [-0.05, 0) is 49.8 Å². The maximum Gasteiger partial charge on any atom is 0.170 e. The highest BCUT2D eigenvalue weighted by Crippen LogP contribution is 2.38. The van der Waals surface area contributed by atoms with Crippen molar-refractivity contribution in [2.24, 2.45) is 10.8 Å². The van der Waals surface area contributed by atoms with Gasteiger partial charge in [-0.15, -0.1) is 0 Å². The van der Waals surface area contributed by atoms with Gasteiger partial charge in [0.05, 0.1) is 0 Å². The first kappa shape index (κ1) is 16.5. The molecule has 2 rings (SSSR count). The van der Waals surface area contributed by atoms with Crippen LogP contribution in [0.3, 0.4) is 0 Å². The van der Waals surface area contributed by atoms with Crippen molar-refractivity contribution in [1.82, 2.24) is 5.32 Å². The number of rotatable bonds is 4. The average molecular weight is 308 g/mol. The Labute approximate surface area is 133 Å². The summed E-state index contributed by atoms with van der Waals surface area (Å²) in [6.07, 6.45) is 2.92. The molecule has 1 heterocycles. The SMILES string of the molecule is Cc1ccc(C(=O)C2(CCC(C)(C)C)CCNC2)cc1Cl. The number of nitrogens with one attached hydrogen (secondary N) is 1. The summed E-state index contributed by atoms with van der Waals surface area (Å²) in [5.41, 5.74) is 1.76. The number of hydrogen-bond acceptors (Lipinski definition) is 2. The van der Waals surface area contributed by atoms with E-state index in [1.165, 1.54) is 0 Å². The topological polar surface area (TPSA) is 29.1 Å². The Morgan fingerprint density at radius 3 is 2.62 bits per heavy atom. The standard InChI is InChI=1S/C18H26ClNO/c1-13-5-6-14(11-15(13)19)16(21)18(9-10-20-12-18)8-7-17(2,3)4/h5-6,11,20H,7-10,12H2,1-4H3. The highest BCUT2D eigenvalue weighted by Gasteiger charge is 2.41. The van der Waals surface area contributed by atoms with Crippen LogP contribution in [-0.2, 0) is 0 Å². The van der Waals surface area contributed by atoms with Gasteiger partial charge in [-0.25, -0.2) is 0 Å². The number of carbonyl (C=O) groups excluding carboxylic acids is 1. The largest absolute Gasteiger partial charge is 0.316 e. The second-order valence-electron chi connectivity index (χ2n) is 7.56. The van der Waals surface area contributed by atoms with E-state index in [0.717, 1.165) is 43.5 Å². The summed E-state index contributed by atoms with van der Waals surface area (Å²) in [6, 6.07) is 5.69. The zero-order valence-electron chi connectivity index (χ0n) is 13.6. The molecule has 116 valence electrons. The molecule has 0 radical (unpaired) electrons. The van der Waals surface area contributed by atoms with Crippen LogP contribution in [0.2, 0.25) is 5.02 Å². The Kier molecular flexibility index (Phi) is 4.79. The van der Waals surface area contributed by atoms with E-state index in [-0.39, 0.29) is 16.6 Å². The Morgan fingerprint density at radius 1 is 1.38 bits per heavy atom. The molecule has 1 unspecified atom stereocenters. The summed E-state index contributed by atoms with van der Waals surface area (Å²) in [6.45, 7) is 10.4. The van der Waals surface area contributed by atoms with Crippen LogP contribution in [0.25, 0.3) is 0 Å². The molecule has 3 heteroatoms. The molecule has 0 amide bonds. The lowest BCUT2D eigenvalue weighted by molar-refractivity contribution is 0.0783. The molecule has 1 aromatic carbocycles. The van der Waals surface area contributed by atoms with Gasteiger partial charge < -0.3 is 5.32 Å². The van der Waals surface area contributed by atoms with Crippen molar-refractivity contribution < 1.29 is 4.79 Å². The summed E-state index contributed by atoms with van der Waals surface area (Å²) in [4.78, 5) is 13.1. The number of carbonyl (C=O) groups is 1. The van der Waals surface area contributed by atoms with Gasteiger partial charge in [0.2, 0.25) is 0 Å². The maximum atomic E-state index is 13.1. The molecule has 0 aliphatic carbocycles. The van der Waals surface area contributed by atoms with Crippen LogP contribution in [0.15, 0.2) is 18.2 Å². The number of hydrogen-bond donors (Lipinski definition) is 1. The summed E-state index contributed by atoms with van der Waals surface area (Å²) < 4.78 is 0. The minimum atomic E-state index is -0.258. The van der Waals surface area contributed by atoms with Crippen molar-refractivity contribution in [3.63, 3.8) is 0 Å². The maximum absolute atomic E-state index is 13.1. The second-order valence-corrected chi connectivity index (χ2v) is 7.97. The summed E-state index contributed by atoms with van der Waals surface area (Å²) in [5, 5.41) is 4.05. The van der Waals surface area contributed by atoms with Gasteiger partial charge in [0.25, 0.3) is 0 Å². The first-order valence-electron chi connectivity index (χ1n) is 7.75. The van der Waals surface area contributed by atoms with E-state index in [0.29, 0.717) is 5.02 Å². The first-order chi connectivity index (χ1) is 9.73. The van der Waals surface area contributed by atoms with E-state index in [9.17, 15) is 4.79 Å². The summed E-state index contributed by atoms with van der Waals surface area (Å²) in [7, 11) is 0. The lowest BCUT2D eigenvalue weighted by atomic mass is 9.72. The number of Topliss-reactive ketones (excluding diaryl/α,β-unsaturated/α-hetero) is 1. The molecule has 1 atom stereocenters. The fraction of sp³-hybridized carbons (Fsp3) is 0.611. The normalized spacial score (nSPS) is 22.5. The molecule has 1 N–H and O–H groups in total. The fourth-order valence-corrected chi connectivity index (χ4v) is 3.10. The molecule has 21 heavy (non-hydrogen) atoms. The number of halogens is 1. The van der Waals surface area contributed by atoms with Gasteiger partial charge in [-0.2, -0.15) is 0 Å². The number of benzene rings is 1. The van der Waals surface area contributed by atoms with Gasteiger partial charge in [0.15, 0.2) is 5.78 Å². The van der Waals surface area contributed by atoms with Gasteiger partial charge in [0.1, 0.15) is 0 Å². The fourth-order valence-electron chi connectivity index (χ4n) is 2.92. The minimum absolute atomic E-state index is 0.249. The molecule has 1 saturated heterocycles. The van der Waals surface area contributed by atoms with Crippen LogP contribution in [0.4, 0.5) is 0 Å². The third-order valence-corrected chi connectivity index (χ3v) is 4.92. The Morgan fingerprint density at radius 2 is 2.10 bits per heavy atom. The van der Waals surface area contributed by atoms with Crippen LogP contribution < -0.4 is 5.32 Å². The van der Waals surface area contributed by atoms with E-state index in [1.807, 2.05) is 25.1 Å². The molecule has 0 aromatic heterocycles. The lowest BCUT2D eigenvalue weighted by Crippen LogP contribution is -2.34. The number of aryl methyl sites for hydroxylation is 1. The van der Waals surface area contributed by atoms with Crippen molar-refractivity contribution in [2.75, 3.05) is 13.1 Å². The molecular formula is C18H26ClNO. The number of ketones is 1. The Balaban J connectivity index is 2.24. The van der Waals surface area contributed by atoms with E-state index >= 15 is 0 Å². The first-order valence-corrected chi connectivity index (χ1v) is 8.13. The molecule has 1 aliphatic heterocycles. The van der Waals surface area contributed by atoms with Crippen LogP contribution >= 0.6 is 11.6 Å². The second kappa shape index (κ2) is 6.10. The van der Waals surface area contributed by atoms with Crippen LogP contribution in [0.5, 0.6) is 0 Å². The summed E-state index contributed by atoms with van der Waals surface area (Å²) in [5.74, 6) is 0.249. The van der Waals surface area contributed by atoms with Crippen LogP contribution in [0, 0.1) is 17.8 Å². The molecule has 1 aliphatic rings. The molecule has 2 nitrogen and oxygen atoms in total. The molecule has 1 fully saturated rings. The molecule has 0 bridgehead atoms. The predicted molar refractivity (Wildman–Crippen MR) is 89.1 cm³/mol. The van der Waals surface area contributed by atoms with Crippen molar-refractivity contribution in [2.45, 2.75) is 47.0 Å². The monoisotopic (exact) mass is 307 g/mol. The summed E-state index contributed by atoms with van der Waals surface area (Å²) >= 11 is 6.19. The Hall–Kier alpha value is -0.860. The van der Waals surface area contributed by atoms with Crippen molar-refractivity contribution >= 4 is 17.4 Å². The third-order valence-electron chi connectivity index (χ3n) is 4.51. The lowest BCUT2D eigenvalue weighted by Gasteiger charge is -2.30. The van der Waals surface area contributed by atoms with Gasteiger partial charge in [0, 0.05) is 22.5 Å². The van der Waals surface area contributed by atoms with Crippen molar-refractivity contribution in [1.29, 1.82) is 0 Å². The third kappa shape index (κ3) is 3.87. The van der Waals surface area contributed by atoms with E-state index in [2.05, 4.69) is 26.1 Å². The average Bonchev–Trinajstić information content (AvgIpc) is 2.88. The highest BCUT2D eigenvalue weighted by molar-refractivity contribution is 6.31. The highest BCUT2D eigenvalue weighted by atomic mass is 35.5. The molecule has 0 saturated carbocycles.